The van der Waals surface area contributed by atoms with Crippen molar-refractivity contribution in [1.82, 2.24) is 5.32 Å². The predicted octanol–water partition coefficient (Wildman–Crippen LogP) is 3.95. The highest BCUT2D eigenvalue weighted by molar-refractivity contribution is 9.10. The molecule has 0 unspecified atom stereocenters. The SMILES string of the molecule is COC(=O)c1cc(Br)ccc1NCCCCNC(=O)OC(C)(C)C. The average Bonchev–Trinajstić information content (AvgIpc) is 2.49. The summed E-state index contributed by atoms with van der Waals surface area (Å²) in [6.07, 6.45) is 1.24. The van der Waals surface area contributed by atoms with Crippen molar-refractivity contribution in [2.45, 2.75) is 39.2 Å². The lowest BCUT2D eigenvalue weighted by Crippen LogP contribution is -2.33. The lowest BCUT2D eigenvalue weighted by molar-refractivity contribution is 0.0525. The fourth-order valence-electron chi connectivity index (χ4n) is 1.93. The molecule has 0 aliphatic heterocycles. The molecule has 1 aromatic rings. The topological polar surface area (TPSA) is 76.7 Å². The quantitative estimate of drug-likeness (QED) is 0.535. The highest BCUT2D eigenvalue weighted by atomic mass is 79.9. The number of carbonyl (C=O) groups is 2. The van der Waals surface area contributed by atoms with Gasteiger partial charge in [-0.3, -0.25) is 0 Å². The van der Waals surface area contributed by atoms with Crippen LogP contribution in [0, 0.1) is 0 Å². The van der Waals surface area contributed by atoms with E-state index in [4.69, 9.17) is 9.47 Å². The number of carbonyl (C=O) groups excluding carboxylic acids is 2. The van der Waals surface area contributed by atoms with Crippen LogP contribution in [0.25, 0.3) is 0 Å². The molecule has 0 heterocycles. The van der Waals surface area contributed by atoms with Gasteiger partial charge in [0.1, 0.15) is 5.60 Å². The molecule has 0 saturated heterocycles. The molecule has 0 aliphatic rings. The summed E-state index contributed by atoms with van der Waals surface area (Å²) in [7, 11) is 1.36. The van der Waals surface area contributed by atoms with Crippen LogP contribution in [0.5, 0.6) is 0 Å². The Morgan fingerprint density at radius 3 is 2.46 bits per heavy atom. The number of amides is 1. The minimum absolute atomic E-state index is 0.384. The Morgan fingerprint density at radius 1 is 1.17 bits per heavy atom. The molecule has 0 atom stereocenters. The van der Waals surface area contributed by atoms with Gasteiger partial charge in [0.2, 0.25) is 0 Å². The number of nitrogens with one attached hydrogen (secondary N) is 2. The number of rotatable bonds is 7. The van der Waals surface area contributed by atoms with E-state index in [1.54, 1.807) is 6.07 Å². The Bertz CT molecular complexity index is 570. The Morgan fingerprint density at radius 2 is 1.83 bits per heavy atom. The lowest BCUT2D eigenvalue weighted by Gasteiger charge is -2.19. The summed E-state index contributed by atoms with van der Waals surface area (Å²) in [5.74, 6) is -0.384. The summed E-state index contributed by atoms with van der Waals surface area (Å²) in [5, 5.41) is 5.93. The Hall–Kier alpha value is -1.76. The van der Waals surface area contributed by atoms with Crippen LogP contribution >= 0.6 is 15.9 Å². The Labute approximate surface area is 151 Å². The van der Waals surface area contributed by atoms with Crippen molar-refractivity contribution in [2.24, 2.45) is 0 Å². The van der Waals surface area contributed by atoms with Crippen molar-refractivity contribution in [3.05, 3.63) is 28.2 Å². The average molecular weight is 401 g/mol. The molecular formula is C17H25BrN2O4. The number of alkyl carbamates (subject to hydrolysis) is 1. The normalized spacial score (nSPS) is 10.9. The van der Waals surface area contributed by atoms with Crippen molar-refractivity contribution in [3.8, 4) is 0 Å². The van der Waals surface area contributed by atoms with E-state index < -0.39 is 11.7 Å². The van der Waals surface area contributed by atoms with Crippen LogP contribution in [0.15, 0.2) is 22.7 Å². The minimum atomic E-state index is -0.489. The molecule has 1 rings (SSSR count). The molecule has 0 saturated carbocycles. The summed E-state index contributed by atoms with van der Waals surface area (Å²) < 4.78 is 10.8. The fourth-order valence-corrected chi connectivity index (χ4v) is 2.29. The van der Waals surface area contributed by atoms with E-state index in [0.29, 0.717) is 18.7 Å². The number of hydrogen-bond acceptors (Lipinski definition) is 5. The Kier molecular flexibility index (Phi) is 8.04. The molecule has 6 nitrogen and oxygen atoms in total. The molecule has 134 valence electrons. The first kappa shape index (κ1) is 20.3. The predicted molar refractivity (Wildman–Crippen MR) is 97.4 cm³/mol. The zero-order valence-corrected chi connectivity index (χ0v) is 16.2. The van der Waals surface area contributed by atoms with Crippen LogP contribution < -0.4 is 10.6 Å². The Balaban J connectivity index is 2.34. The van der Waals surface area contributed by atoms with Gasteiger partial charge in [-0.25, -0.2) is 9.59 Å². The molecule has 24 heavy (non-hydrogen) atoms. The zero-order valence-electron chi connectivity index (χ0n) is 14.6. The highest BCUT2D eigenvalue weighted by Gasteiger charge is 2.15. The third-order valence-corrected chi connectivity index (χ3v) is 3.47. The van der Waals surface area contributed by atoms with Gasteiger partial charge in [0.05, 0.1) is 12.7 Å². The second-order valence-electron chi connectivity index (χ2n) is 6.24. The number of anilines is 1. The molecule has 0 spiro atoms. The molecule has 1 aromatic carbocycles. The van der Waals surface area contributed by atoms with Gasteiger partial charge in [-0.2, -0.15) is 0 Å². The van der Waals surface area contributed by atoms with Crippen molar-refractivity contribution in [2.75, 3.05) is 25.5 Å². The van der Waals surface area contributed by atoms with E-state index in [2.05, 4.69) is 26.6 Å². The second kappa shape index (κ2) is 9.52. The van der Waals surface area contributed by atoms with E-state index in [-0.39, 0.29) is 5.97 Å². The maximum Gasteiger partial charge on any atom is 0.407 e. The monoisotopic (exact) mass is 400 g/mol. The maximum atomic E-state index is 11.8. The van der Waals surface area contributed by atoms with Gasteiger partial charge >= 0.3 is 12.1 Å². The summed E-state index contributed by atoms with van der Waals surface area (Å²) in [4.78, 5) is 23.3. The second-order valence-corrected chi connectivity index (χ2v) is 7.16. The molecule has 0 aliphatic carbocycles. The van der Waals surface area contributed by atoms with Crippen LogP contribution in [0.4, 0.5) is 10.5 Å². The maximum absolute atomic E-state index is 11.8. The van der Waals surface area contributed by atoms with Gasteiger partial charge in [0.25, 0.3) is 0 Å². The number of benzene rings is 1. The highest BCUT2D eigenvalue weighted by Crippen LogP contribution is 2.22. The van der Waals surface area contributed by atoms with E-state index in [1.165, 1.54) is 7.11 Å². The molecule has 2 N–H and O–H groups in total. The van der Waals surface area contributed by atoms with Crippen LogP contribution in [0.1, 0.15) is 44.0 Å². The third kappa shape index (κ3) is 7.68. The number of hydrogen-bond donors (Lipinski definition) is 2. The lowest BCUT2D eigenvalue weighted by atomic mass is 10.1. The van der Waals surface area contributed by atoms with Gasteiger partial charge in [-0.15, -0.1) is 0 Å². The van der Waals surface area contributed by atoms with Gasteiger partial charge in [-0.05, 0) is 51.8 Å². The zero-order chi connectivity index (χ0) is 18.2. The number of esters is 1. The summed E-state index contributed by atoms with van der Waals surface area (Å²) >= 11 is 3.34. The van der Waals surface area contributed by atoms with E-state index in [1.807, 2.05) is 32.9 Å². The van der Waals surface area contributed by atoms with Crippen molar-refractivity contribution in [3.63, 3.8) is 0 Å². The standard InChI is InChI=1S/C17H25BrN2O4/c1-17(2,3)24-16(22)20-10-6-5-9-19-14-8-7-12(18)11-13(14)15(21)23-4/h7-8,11,19H,5-6,9-10H2,1-4H3,(H,20,22). The molecule has 7 heteroatoms. The van der Waals surface area contributed by atoms with Crippen LogP contribution in [-0.2, 0) is 9.47 Å². The van der Waals surface area contributed by atoms with Crippen molar-refractivity contribution < 1.29 is 19.1 Å². The van der Waals surface area contributed by atoms with E-state index in [0.717, 1.165) is 23.0 Å². The number of ether oxygens (including phenoxy) is 2. The van der Waals surface area contributed by atoms with Gasteiger partial charge in [-0.1, -0.05) is 15.9 Å². The summed E-state index contributed by atoms with van der Waals surface area (Å²) in [5.41, 5.74) is 0.723. The first-order valence-electron chi connectivity index (χ1n) is 7.81. The third-order valence-electron chi connectivity index (χ3n) is 2.97. The van der Waals surface area contributed by atoms with Crippen molar-refractivity contribution in [1.29, 1.82) is 0 Å². The largest absolute Gasteiger partial charge is 0.465 e. The van der Waals surface area contributed by atoms with Crippen LogP contribution in [-0.4, -0.2) is 37.9 Å². The van der Waals surface area contributed by atoms with E-state index in [9.17, 15) is 9.59 Å². The van der Waals surface area contributed by atoms with Gasteiger partial charge in [0, 0.05) is 23.2 Å². The molecule has 0 fully saturated rings. The van der Waals surface area contributed by atoms with Crippen molar-refractivity contribution >= 4 is 33.7 Å². The molecule has 1 amide bonds. The molecule has 0 radical (unpaired) electrons. The van der Waals surface area contributed by atoms with Gasteiger partial charge < -0.3 is 20.1 Å². The van der Waals surface area contributed by atoms with Gasteiger partial charge in [0.15, 0.2) is 0 Å². The first-order valence-corrected chi connectivity index (χ1v) is 8.61. The number of methoxy groups -OCH3 is 1. The molecule has 0 bridgehead atoms. The first-order chi connectivity index (χ1) is 11.2. The summed E-state index contributed by atoms with van der Waals surface area (Å²) in [6.45, 7) is 6.71. The molecule has 0 aromatic heterocycles. The number of halogens is 1. The fraction of sp³-hybridized carbons (Fsp3) is 0.529. The molecular weight excluding hydrogens is 376 g/mol. The van der Waals surface area contributed by atoms with Crippen LogP contribution in [0.2, 0.25) is 0 Å². The summed E-state index contributed by atoms with van der Waals surface area (Å²) in [6, 6.07) is 5.41. The number of unbranched alkanes of at least 4 members (excludes halogenated alkanes) is 1. The van der Waals surface area contributed by atoms with E-state index >= 15 is 0 Å². The van der Waals surface area contributed by atoms with Crippen LogP contribution in [0.3, 0.4) is 0 Å². The minimum Gasteiger partial charge on any atom is -0.465 e. The smallest absolute Gasteiger partial charge is 0.407 e.